The number of amides is 1. The van der Waals surface area contributed by atoms with Crippen molar-refractivity contribution >= 4 is 11.6 Å². The van der Waals surface area contributed by atoms with Crippen molar-refractivity contribution in [1.82, 2.24) is 0 Å². The fraction of sp³-hybridized carbons (Fsp3) is 0.316. The molecule has 1 amide bonds. The molecule has 0 fully saturated rings. The third-order valence-electron chi connectivity index (χ3n) is 3.99. The van der Waals surface area contributed by atoms with E-state index in [9.17, 15) is 13.6 Å². The van der Waals surface area contributed by atoms with E-state index in [4.69, 9.17) is 4.74 Å². The maximum absolute atomic E-state index is 12.3. The van der Waals surface area contributed by atoms with Gasteiger partial charge < -0.3 is 14.8 Å². The molecular weight excluding hydrogens is 328 g/mol. The lowest BCUT2D eigenvalue weighted by molar-refractivity contribution is -0.0512. The fourth-order valence-electron chi connectivity index (χ4n) is 2.34. The van der Waals surface area contributed by atoms with Crippen LogP contribution in [-0.4, -0.2) is 19.6 Å². The zero-order chi connectivity index (χ0) is 18.4. The Kier molecular flexibility index (Phi) is 6.33. The lowest BCUT2D eigenvalue weighted by Crippen LogP contribution is -2.12. The minimum absolute atomic E-state index is 0.0695. The quantitative estimate of drug-likeness (QED) is 0.760. The third kappa shape index (κ3) is 4.92. The van der Waals surface area contributed by atoms with Gasteiger partial charge in [0, 0.05) is 11.3 Å². The van der Waals surface area contributed by atoms with Crippen molar-refractivity contribution in [2.75, 3.05) is 12.4 Å². The molecule has 2 aromatic carbocycles. The summed E-state index contributed by atoms with van der Waals surface area (Å²) in [6, 6.07) is 11.7. The highest BCUT2D eigenvalue weighted by atomic mass is 19.3. The van der Waals surface area contributed by atoms with Crippen molar-refractivity contribution in [3.05, 3.63) is 53.6 Å². The molecule has 134 valence electrons. The molecule has 2 rings (SSSR count). The Bertz CT molecular complexity index is 717. The first kappa shape index (κ1) is 18.7. The number of hydrogen-bond donors (Lipinski definition) is 1. The molecule has 0 radical (unpaired) electrons. The van der Waals surface area contributed by atoms with E-state index in [0.717, 1.165) is 6.42 Å². The van der Waals surface area contributed by atoms with E-state index in [1.165, 1.54) is 30.9 Å². The topological polar surface area (TPSA) is 47.6 Å². The van der Waals surface area contributed by atoms with Crippen molar-refractivity contribution in [2.45, 2.75) is 32.8 Å². The van der Waals surface area contributed by atoms with Gasteiger partial charge in [-0.2, -0.15) is 8.78 Å². The van der Waals surface area contributed by atoms with Gasteiger partial charge >= 0.3 is 6.61 Å². The van der Waals surface area contributed by atoms with Crippen molar-refractivity contribution in [3.8, 4) is 11.5 Å². The Balaban J connectivity index is 2.12. The number of anilines is 1. The maximum atomic E-state index is 12.3. The van der Waals surface area contributed by atoms with Gasteiger partial charge in [-0.05, 0) is 48.2 Å². The molecule has 1 atom stereocenters. The number of methoxy groups -OCH3 is 1. The first-order valence-corrected chi connectivity index (χ1v) is 7.98. The van der Waals surface area contributed by atoms with Gasteiger partial charge in [-0.15, -0.1) is 0 Å². The van der Waals surface area contributed by atoms with Gasteiger partial charge in [0.2, 0.25) is 0 Å². The summed E-state index contributed by atoms with van der Waals surface area (Å²) in [6.07, 6.45) is 1.04. The summed E-state index contributed by atoms with van der Waals surface area (Å²) in [7, 11) is 1.32. The van der Waals surface area contributed by atoms with E-state index in [0.29, 0.717) is 11.6 Å². The van der Waals surface area contributed by atoms with Crippen LogP contribution in [0.4, 0.5) is 14.5 Å². The molecule has 25 heavy (non-hydrogen) atoms. The highest BCUT2D eigenvalue weighted by Gasteiger charge is 2.14. The Morgan fingerprint density at radius 1 is 1.12 bits per heavy atom. The zero-order valence-electron chi connectivity index (χ0n) is 14.4. The van der Waals surface area contributed by atoms with Gasteiger partial charge in [0.1, 0.15) is 0 Å². The second-order valence-corrected chi connectivity index (χ2v) is 5.63. The van der Waals surface area contributed by atoms with Crippen LogP contribution in [0.15, 0.2) is 42.5 Å². The lowest BCUT2D eigenvalue weighted by Gasteiger charge is -2.12. The molecule has 0 saturated carbocycles. The maximum Gasteiger partial charge on any atom is 0.387 e. The normalized spacial score (nSPS) is 11.9. The molecule has 2 aromatic rings. The number of hydrogen-bond acceptors (Lipinski definition) is 3. The van der Waals surface area contributed by atoms with Crippen LogP contribution in [0, 0.1) is 0 Å². The van der Waals surface area contributed by atoms with Crippen LogP contribution < -0.4 is 14.8 Å². The van der Waals surface area contributed by atoms with Crippen LogP contribution in [0.3, 0.4) is 0 Å². The second kappa shape index (κ2) is 8.46. The van der Waals surface area contributed by atoms with Crippen LogP contribution >= 0.6 is 0 Å². The third-order valence-corrected chi connectivity index (χ3v) is 3.99. The first-order valence-electron chi connectivity index (χ1n) is 7.98. The molecule has 4 nitrogen and oxygen atoms in total. The zero-order valence-corrected chi connectivity index (χ0v) is 14.4. The summed E-state index contributed by atoms with van der Waals surface area (Å²) in [4.78, 5) is 12.3. The molecule has 0 aliphatic carbocycles. The molecule has 0 bridgehead atoms. The van der Waals surface area contributed by atoms with E-state index in [1.54, 1.807) is 0 Å². The number of nitrogens with one attached hydrogen (secondary N) is 1. The van der Waals surface area contributed by atoms with Crippen LogP contribution in [0.5, 0.6) is 11.5 Å². The summed E-state index contributed by atoms with van der Waals surface area (Å²) in [5, 5.41) is 2.77. The van der Waals surface area contributed by atoms with Crippen molar-refractivity contribution in [2.24, 2.45) is 0 Å². The summed E-state index contributed by atoms with van der Waals surface area (Å²) in [5.74, 6) is 0.0432. The number of alkyl halides is 2. The molecule has 0 aromatic heterocycles. The average Bonchev–Trinajstić information content (AvgIpc) is 2.61. The summed E-state index contributed by atoms with van der Waals surface area (Å²) in [5.41, 5.74) is 2.14. The van der Waals surface area contributed by atoms with Crippen LogP contribution in [0.2, 0.25) is 0 Å². The number of ether oxygens (including phenoxy) is 2. The van der Waals surface area contributed by atoms with E-state index < -0.39 is 6.61 Å². The van der Waals surface area contributed by atoms with Crippen LogP contribution in [-0.2, 0) is 0 Å². The van der Waals surface area contributed by atoms with Crippen LogP contribution in [0.1, 0.15) is 42.1 Å². The molecule has 0 unspecified atom stereocenters. The molecule has 0 spiro atoms. The van der Waals surface area contributed by atoms with Crippen molar-refractivity contribution < 1.29 is 23.0 Å². The molecule has 0 aliphatic rings. The number of carbonyl (C=O) groups excluding carboxylic acids is 1. The number of carbonyl (C=O) groups is 1. The minimum Gasteiger partial charge on any atom is -0.493 e. The first-order chi connectivity index (χ1) is 11.9. The Morgan fingerprint density at radius 2 is 1.80 bits per heavy atom. The molecule has 1 N–H and O–H groups in total. The van der Waals surface area contributed by atoms with Crippen molar-refractivity contribution in [3.63, 3.8) is 0 Å². The van der Waals surface area contributed by atoms with Crippen LogP contribution in [0.25, 0.3) is 0 Å². The second-order valence-electron chi connectivity index (χ2n) is 5.63. The van der Waals surface area contributed by atoms with E-state index in [-0.39, 0.29) is 23.0 Å². The SMILES string of the molecule is CC[C@H](C)c1ccc(NC(=O)c2ccc(OC(F)F)c(OC)c2)cc1. The Labute approximate surface area is 145 Å². The average molecular weight is 349 g/mol. The predicted octanol–water partition coefficient (Wildman–Crippen LogP) is 5.06. The fourth-order valence-corrected chi connectivity index (χ4v) is 2.34. The standard InChI is InChI=1S/C19H21F2NO3/c1-4-12(2)13-5-8-15(9-6-13)22-18(23)14-7-10-16(25-19(20)21)17(11-14)24-3/h5-12,19H,4H2,1-3H3,(H,22,23)/t12-/m0/s1. The monoisotopic (exact) mass is 349 g/mol. The van der Waals surface area contributed by atoms with Gasteiger partial charge in [0.15, 0.2) is 11.5 Å². The molecule has 0 saturated heterocycles. The van der Waals surface area contributed by atoms with E-state index in [1.807, 2.05) is 24.3 Å². The number of benzene rings is 2. The van der Waals surface area contributed by atoms with Gasteiger partial charge in [-0.3, -0.25) is 4.79 Å². The number of rotatable bonds is 7. The smallest absolute Gasteiger partial charge is 0.387 e. The molecular formula is C19H21F2NO3. The minimum atomic E-state index is -2.96. The number of halogens is 2. The Morgan fingerprint density at radius 3 is 2.36 bits per heavy atom. The largest absolute Gasteiger partial charge is 0.493 e. The van der Waals surface area contributed by atoms with Gasteiger partial charge in [0.05, 0.1) is 7.11 Å². The highest BCUT2D eigenvalue weighted by molar-refractivity contribution is 6.04. The summed E-state index contributed by atoms with van der Waals surface area (Å²) in [6.45, 7) is 1.30. The van der Waals surface area contributed by atoms with Crippen molar-refractivity contribution in [1.29, 1.82) is 0 Å². The molecule has 0 aliphatic heterocycles. The van der Waals surface area contributed by atoms with E-state index >= 15 is 0 Å². The summed E-state index contributed by atoms with van der Waals surface area (Å²) < 4.78 is 34.0. The Hall–Kier alpha value is -2.63. The van der Waals surface area contributed by atoms with Gasteiger partial charge in [0.25, 0.3) is 5.91 Å². The molecule has 6 heteroatoms. The van der Waals surface area contributed by atoms with E-state index in [2.05, 4.69) is 23.9 Å². The van der Waals surface area contributed by atoms with Gasteiger partial charge in [-0.25, -0.2) is 0 Å². The predicted molar refractivity (Wildman–Crippen MR) is 92.7 cm³/mol. The summed E-state index contributed by atoms with van der Waals surface area (Å²) >= 11 is 0. The molecule has 0 heterocycles. The highest BCUT2D eigenvalue weighted by Crippen LogP contribution is 2.30. The van der Waals surface area contributed by atoms with Gasteiger partial charge in [-0.1, -0.05) is 26.0 Å². The lowest BCUT2D eigenvalue weighted by atomic mass is 9.98.